The van der Waals surface area contributed by atoms with Gasteiger partial charge in [0.1, 0.15) is 10.7 Å². The van der Waals surface area contributed by atoms with E-state index >= 15 is 0 Å². The molecule has 0 N–H and O–H groups in total. The minimum Gasteiger partial charge on any atom is -0.260 e. The second kappa shape index (κ2) is 3.48. The lowest BCUT2D eigenvalue weighted by Crippen LogP contribution is -1.90. The van der Waals surface area contributed by atoms with Gasteiger partial charge in [-0.3, -0.25) is 4.98 Å². The number of aromatic nitrogens is 1. The van der Waals surface area contributed by atoms with E-state index in [-0.39, 0.29) is 5.75 Å². The minimum absolute atomic E-state index is 0.0387. The lowest BCUT2D eigenvalue weighted by Gasteiger charge is -1.94. The molecule has 0 amide bonds. The Hall–Kier alpha value is -0.900. The Morgan fingerprint density at radius 3 is 2.82 bits per heavy atom. The van der Waals surface area contributed by atoms with Crippen LogP contribution in [-0.4, -0.2) is 13.4 Å². The monoisotopic (exact) mass is 171 g/mol. The van der Waals surface area contributed by atoms with Crippen LogP contribution in [0, 0.1) is 6.92 Å². The number of rotatable bonds is 2. The fourth-order valence-corrected chi connectivity index (χ4v) is 1.25. The summed E-state index contributed by atoms with van der Waals surface area (Å²) in [6.07, 6.45) is 1.61. The van der Waals surface area contributed by atoms with Crippen molar-refractivity contribution in [3.05, 3.63) is 29.6 Å². The Morgan fingerprint density at radius 2 is 2.27 bits per heavy atom. The molecule has 3 nitrogen and oxygen atoms in total. The molecule has 0 aromatic carbocycles. The molecule has 0 bridgehead atoms. The molecule has 0 aliphatic carbocycles. The molecule has 1 rings (SSSR count). The highest BCUT2D eigenvalue weighted by atomic mass is 32.2. The fourth-order valence-electron chi connectivity index (χ4n) is 0.817. The van der Waals surface area contributed by atoms with Crippen LogP contribution in [0.1, 0.15) is 11.3 Å². The fraction of sp³-hybridized carbons (Fsp3) is 0.286. The Bertz CT molecular complexity index is 312. The maximum Gasteiger partial charge on any atom is 0.145 e. The van der Waals surface area contributed by atoms with Crippen molar-refractivity contribution >= 4 is 10.7 Å². The zero-order chi connectivity index (χ0) is 8.27. The topological polar surface area (TPSA) is 47.0 Å². The molecule has 1 aromatic heterocycles. The number of hydrogen-bond donors (Lipinski definition) is 1. The number of thiol groups is 1. The van der Waals surface area contributed by atoms with Crippen molar-refractivity contribution in [3.63, 3.8) is 0 Å². The smallest absolute Gasteiger partial charge is 0.145 e. The highest BCUT2D eigenvalue weighted by Gasteiger charge is 1.94. The third-order valence-corrected chi connectivity index (χ3v) is 1.85. The zero-order valence-corrected chi connectivity index (χ0v) is 7.04. The van der Waals surface area contributed by atoms with Crippen LogP contribution in [-0.2, 0) is 16.5 Å². The van der Waals surface area contributed by atoms with Crippen LogP contribution in [0.2, 0.25) is 0 Å². The van der Waals surface area contributed by atoms with Gasteiger partial charge in [-0.1, -0.05) is 0 Å². The van der Waals surface area contributed by atoms with Crippen molar-refractivity contribution in [1.29, 1.82) is 0 Å². The number of nitrogens with zero attached hydrogens (tertiary/aromatic N) is 1. The van der Waals surface area contributed by atoms with Crippen molar-refractivity contribution < 1.29 is 8.42 Å². The molecule has 0 fully saturated rings. The summed E-state index contributed by atoms with van der Waals surface area (Å²) in [5.74, 6) is 0.0387. The molecule has 0 saturated carbocycles. The predicted molar refractivity (Wildman–Crippen MR) is 43.0 cm³/mol. The molecule has 0 saturated heterocycles. The second-order valence-electron chi connectivity index (χ2n) is 2.32. The molecular weight excluding hydrogens is 162 g/mol. The van der Waals surface area contributed by atoms with Crippen molar-refractivity contribution in [2.24, 2.45) is 0 Å². The molecule has 4 heteroatoms. The van der Waals surface area contributed by atoms with Gasteiger partial charge in [0.15, 0.2) is 0 Å². The van der Waals surface area contributed by atoms with E-state index < -0.39 is 10.7 Å². The molecule has 0 radical (unpaired) electrons. The minimum atomic E-state index is -2.35. The highest BCUT2D eigenvalue weighted by molar-refractivity contribution is 7.71. The maximum atomic E-state index is 10.3. The molecule has 11 heavy (non-hydrogen) atoms. The molecule has 0 atom stereocenters. The first-order valence-corrected chi connectivity index (χ1v) is 4.58. The van der Waals surface area contributed by atoms with E-state index in [2.05, 4.69) is 4.98 Å². The summed E-state index contributed by atoms with van der Waals surface area (Å²) < 4.78 is 20.6. The predicted octanol–water partition coefficient (Wildman–Crippen LogP) is 0.501. The molecule has 1 heterocycles. The van der Waals surface area contributed by atoms with Crippen LogP contribution in [0.4, 0.5) is 0 Å². The van der Waals surface area contributed by atoms with Gasteiger partial charge < -0.3 is 0 Å². The van der Waals surface area contributed by atoms with Gasteiger partial charge in [-0.2, -0.15) is 0 Å². The van der Waals surface area contributed by atoms with Crippen molar-refractivity contribution in [1.82, 2.24) is 4.98 Å². The van der Waals surface area contributed by atoms with Gasteiger partial charge in [0, 0.05) is 6.20 Å². The first-order valence-electron chi connectivity index (χ1n) is 3.22. The summed E-state index contributed by atoms with van der Waals surface area (Å²) in [5.41, 5.74) is 1.65. The lowest BCUT2D eigenvalue weighted by molar-refractivity contribution is 0.613. The maximum absolute atomic E-state index is 10.3. The van der Waals surface area contributed by atoms with Gasteiger partial charge in [-0.15, -0.1) is 0 Å². The molecular formula is C7H9NO2S. The standard InChI is InChI=1S/C7H9NO2S/c1-6-2-3-8-7(4-6)5-11(9)10/h2-4,11H,5H2,1H3. The third kappa shape index (κ3) is 2.67. The Morgan fingerprint density at radius 1 is 1.55 bits per heavy atom. The lowest BCUT2D eigenvalue weighted by atomic mass is 10.3. The third-order valence-electron chi connectivity index (χ3n) is 1.26. The number of hydrogen-bond acceptors (Lipinski definition) is 3. The average molecular weight is 171 g/mol. The summed E-state index contributed by atoms with van der Waals surface area (Å²) in [5, 5.41) is 0. The normalized spacial score (nSPS) is 10.4. The average Bonchev–Trinajstić information content (AvgIpc) is 1.85. The van der Waals surface area contributed by atoms with E-state index in [9.17, 15) is 8.42 Å². The van der Waals surface area contributed by atoms with Crippen LogP contribution >= 0.6 is 0 Å². The highest BCUT2D eigenvalue weighted by Crippen LogP contribution is 2.00. The molecule has 1 aromatic rings. The molecule has 0 aliphatic rings. The SMILES string of the molecule is Cc1ccnc(C[SH](=O)=O)c1. The zero-order valence-electron chi connectivity index (χ0n) is 6.15. The van der Waals surface area contributed by atoms with Crippen molar-refractivity contribution in [2.75, 3.05) is 0 Å². The summed E-state index contributed by atoms with van der Waals surface area (Å²) >= 11 is 0. The summed E-state index contributed by atoms with van der Waals surface area (Å²) in [6.45, 7) is 1.91. The van der Waals surface area contributed by atoms with Gasteiger partial charge in [-0.05, 0) is 24.6 Å². The molecule has 0 spiro atoms. The first kappa shape index (κ1) is 8.20. The van der Waals surface area contributed by atoms with E-state index in [0.29, 0.717) is 5.69 Å². The van der Waals surface area contributed by atoms with Crippen molar-refractivity contribution in [2.45, 2.75) is 12.7 Å². The van der Waals surface area contributed by atoms with Gasteiger partial charge in [-0.25, -0.2) is 8.42 Å². The number of pyridine rings is 1. The van der Waals surface area contributed by atoms with Gasteiger partial charge in [0.25, 0.3) is 0 Å². The Labute approximate surface area is 67.0 Å². The summed E-state index contributed by atoms with van der Waals surface area (Å²) in [4.78, 5) is 3.90. The van der Waals surface area contributed by atoms with Gasteiger partial charge in [0.2, 0.25) is 0 Å². The molecule has 0 aliphatic heterocycles. The van der Waals surface area contributed by atoms with Crippen LogP contribution in [0.15, 0.2) is 18.3 Å². The Kier molecular flexibility index (Phi) is 2.59. The van der Waals surface area contributed by atoms with E-state index in [4.69, 9.17) is 0 Å². The largest absolute Gasteiger partial charge is 0.260 e. The quantitative estimate of drug-likeness (QED) is 0.659. The first-order chi connectivity index (χ1) is 5.18. The molecule has 60 valence electrons. The van der Waals surface area contributed by atoms with E-state index in [1.807, 2.05) is 13.0 Å². The van der Waals surface area contributed by atoms with Crippen molar-refractivity contribution in [3.8, 4) is 0 Å². The van der Waals surface area contributed by atoms with E-state index in [1.165, 1.54) is 0 Å². The summed E-state index contributed by atoms with van der Waals surface area (Å²) in [6, 6.07) is 3.60. The number of aryl methyl sites for hydroxylation is 1. The van der Waals surface area contributed by atoms with Crippen LogP contribution < -0.4 is 0 Å². The van der Waals surface area contributed by atoms with Crippen LogP contribution in [0.3, 0.4) is 0 Å². The van der Waals surface area contributed by atoms with E-state index in [1.54, 1.807) is 12.3 Å². The second-order valence-corrected chi connectivity index (χ2v) is 3.30. The molecule has 0 unspecified atom stereocenters. The van der Waals surface area contributed by atoms with Gasteiger partial charge in [0.05, 0.1) is 11.4 Å². The van der Waals surface area contributed by atoms with Crippen LogP contribution in [0.25, 0.3) is 0 Å². The van der Waals surface area contributed by atoms with E-state index in [0.717, 1.165) is 5.56 Å². The summed E-state index contributed by atoms with van der Waals surface area (Å²) in [7, 11) is -2.35. The van der Waals surface area contributed by atoms with Crippen LogP contribution in [0.5, 0.6) is 0 Å². The Balaban J connectivity index is 2.87. The van der Waals surface area contributed by atoms with Gasteiger partial charge >= 0.3 is 0 Å².